The van der Waals surface area contributed by atoms with Crippen molar-refractivity contribution in [3.63, 3.8) is 0 Å². The van der Waals surface area contributed by atoms with Crippen LogP contribution in [0.5, 0.6) is 0 Å². The van der Waals surface area contributed by atoms with Gasteiger partial charge in [0.25, 0.3) is 0 Å². The molecule has 120 valence electrons. The highest BCUT2D eigenvalue weighted by Gasteiger charge is 2.28. The molecule has 0 radical (unpaired) electrons. The fourth-order valence-electron chi connectivity index (χ4n) is 5.47. The first kappa shape index (κ1) is 13.1. The Morgan fingerprint density at radius 1 is 0.500 bits per heavy atom. The molecule has 2 aliphatic rings. The molecule has 0 atom stereocenters. The van der Waals surface area contributed by atoms with Crippen LogP contribution in [0, 0.1) is 0 Å². The van der Waals surface area contributed by atoms with Crippen LogP contribution in [-0.2, 0) is 12.8 Å². The molecule has 0 unspecified atom stereocenters. The number of benzene rings is 5. The average Bonchev–Trinajstić information content (AvgIpc) is 3.25. The van der Waals surface area contributed by atoms with Crippen LogP contribution in [0.4, 0.5) is 0 Å². The smallest absolute Gasteiger partial charge is 0.000683 e. The van der Waals surface area contributed by atoms with Crippen molar-refractivity contribution in [3.8, 4) is 11.1 Å². The molecule has 0 N–H and O–H groups in total. The molecule has 2 aliphatic carbocycles. The fourth-order valence-corrected chi connectivity index (χ4v) is 5.47. The maximum absolute atomic E-state index is 2.48. The zero-order valence-corrected chi connectivity index (χ0v) is 14.3. The Kier molecular flexibility index (Phi) is 2.19. The molecule has 0 bridgehead atoms. The minimum absolute atomic E-state index is 1.05. The zero-order valence-electron chi connectivity index (χ0n) is 14.3. The van der Waals surface area contributed by atoms with Crippen molar-refractivity contribution in [2.45, 2.75) is 12.8 Å². The molecule has 0 aliphatic heterocycles. The van der Waals surface area contributed by atoms with Crippen molar-refractivity contribution in [2.24, 2.45) is 0 Å². The van der Waals surface area contributed by atoms with Gasteiger partial charge in [0.05, 0.1) is 0 Å². The van der Waals surface area contributed by atoms with E-state index in [9.17, 15) is 0 Å². The van der Waals surface area contributed by atoms with Crippen LogP contribution in [-0.4, -0.2) is 0 Å². The van der Waals surface area contributed by atoms with Crippen LogP contribution in [0.3, 0.4) is 0 Å². The quantitative estimate of drug-likeness (QED) is 0.297. The van der Waals surface area contributed by atoms with E-state index in [1.165, 1.54) is 65.7 Å². The van der Waals surface area contributed by atoms with Crippen LogP contribution in [0.2, 0.25) is 0 Å². The standard InChI is InChI=1S/C26H16/c1-2-6-15(7-3-1)21-14-18-12-16-8-4-10-19-20-11-5-9-17-13-22(21)26(24(17)20)25(18)23(16)19/h1-11,14H,12-13H2. The molecule has 0 saturated heterocycles. The Morgan fingerprint density at radius 2 is 1.19 bits per heavy atom. The van der Waals surface area contributed by atoms with Crippen LogP contribution < -0.4 is 0 Å². The summed E-state index contributed by atoms with van der Waals surface area (Å²) in [5, 5.41) is 8.94. The van der Waals surface area contributed by atoms with E-state index < -0.39 is 0 Å². The van der Waals surface area contributed by atoms with E-state index >= 15 is 0 Å². The maximum atomic E-state index is 2.48. The fraction of sp³-hybridized carbons (Fsp3) is 0.0769. The van der Waals surface area contributed by atoms with Gasteiger partial charge in [-0.3, -0.25) is 0 Å². The van der Waals surface area contributed by atoms with E-state index in [0.29, 0.717) is 0 Å². The van der Waals surface area contributed by atoms with E-state index in [2.05, 4.69) is 72.8 Å². The van der Waals surface area contributed by atoms with Crippen molar-refractivity contribution < 1.29 is 0 Å². The third kappa shape index (κ3) is 1.40. The molecule has 0 heteroatoms. The first-order valence-electron chi connectivity index (χ1n) is 9.39. The van der Waals surface area contributed by atoms with Crippen molar-refractivity contribution in [1.29, 1.82) is 0 Å². The van der Waals surface area contributed by atoms with Gasteiger partial charge in [-0.05, 0) is 84.6 Å². The highest BCUT2D eigenvalue weighted by Crippen LogP contribution is 2.51. The number of fused-ring (bicyclic) bond motifs is 1. The van der Waals surface area contributed by atoms with Gasteiger partial charge in [-0.15, -0.1) is 0 Å². The van der Waals surface area contributed by atoms with Crippen molar-refractivity contribution in [1.82, 2.24) is 0 Å². The lowest BCUT2D eigenvalue weighted by Crippen LogP contribution is -1.91. The minimum atomic E-state index is 1.05. The molecule has 0 amide bonds. The first-order valence-corrected chi connectivity index (χ1v) is 9.39. The van der Waals surface area contributed by atoms with E-state index in [-0.39, 0.29) is 0 Å². The van der Waals surface area contributed by atoms with Crippen LogP contribution in [0.1, 0.15) is 22.3 Å². The van der Waals surface area contributed by atoms with Gasteiger partial charge in [-0.25, -0.2) is 0 Å². The van der Waals surface area contributed by atoms with Gasteiger partial charge in [0.15, 0.2) is 0 Å². The Balaban J connectivity index is 1.79. The molecule has 0 spiro atoms. The second-order valence-electron chi connectivity index (χ2n) is 7.71. The highest BCUT2D eigenvalue weighted by molar-refractivity contribution is 6.31. The lowest BCUT2D eigenvalue weighted by molar-refractivity contribution is 1.24. The summed E-state index contributed by atoms with van der Waals surface area (Å²) in [5.41, 5.74) is 8.79. The van der Waals surface area contributed by atoms with Gasteiger partial charge in [0.2, 0.25) is 0 Å². The van der Waals surface area contributed by atoms with Crippen molar-refractivity contribution in [2.75, 3.05) is 0 Å². The molecule has 0 fully saturated rings. The molecule has 7 rings (SSSR count). The Morgan fingerprint density at radius 3 is 1.96 bits per heavy atom. The Bertz CT molecular complexity index is 1410. The van der Waals surface area contributed by atoms with Gasteiger partial charge >= 0.3 is 0 Å². The Hall–Kier alpha value is -3.12. The number of hydrogen-bond acceptors (Lipinski definition) is 0. The van der Waals surface area contributed by atoms with Gasteiger partial charge in [-0.1, -0.05) is 66.7 Å². The monoisotopic (exact) mass is 328 g/mol. The largest absolute Gasteiger partial charge is 0.0622 e. The molecular formula is C26H16. The van der Waals surface area contributed by atoms with Crippen LogP contribution >= 0.6 is 0 Å². The van der Waals surface area contributed by atoms with Crippen molar-refractivity contribution in [3.05, 3.63) is 95.1 Å². The molecular weight excluding hydrogens is 312 g/mol. The first-order chi connectivity index (χ1) is 12.9. The molecule has 5 aromatic rings. The minimum Gasteiger partial charge on any atom is -0.0622 e. The zero-order chi connectivity index (χ0) is 16.8. The third-order valence-corrected chi connectivity index (χ3v) is 6.44. The number of rotatable bonds is 1. The predicted molar refractivity (Wildman–Crippen MR) is 110 cm³/mol. The van der Waals surface area contributed by atoms with E-state index in [1.54, 1.807) is 0 Å². The van der Waals surface area contributed by atoms with Gasteiger partial charge in [0.1, 0.15) is 0 Å². The summed E-state index contributed by atoms with van der Waals surface area (Å²) in [4.78, 5) is 0. The lowest BCUT2D eigenvalue weighted by atomic mass is 9.90. The average molecular weight is 328 g/mol. The molecule has 5 aromatic carbocycles. The van der Waals surface area contributed by atoms with E-state index in [0.717, 1.165) is 12.8 Å². The van der Waals surface area contributed by atoms with Gasteiger partial charge < -0.3 is 0 Å². The van der Waals surface area contributed by atoms with E-state index in [4.69, 9.17) is 0 Å². The summed E-state index contributed by atoms with van der Waals surface area (Å²) < 4.78 is 0. The molecule has 0 aromatic heterocycles. The van der Waals surface area contributed by atoms with Crippen LogP contribution in [0.15, 0.2) is 72.8 Å². The summed E-state index contributed by atoms with van der Waals surface area (Å²) in [5.74, 6) is 0. The Labute approximate surface area is 151 Å². The summed E-state index contributed by atoms with van der Waals surface area (Å²) in [6.45, 7) is 0. The maximum Gasteiger partial charge on any atom is -0.000683 e. The predicted octanol–water partition coefficient (Wildman–Crippen LogP) is 6.62. The normalized spacial score (nSPS) is 13.8. The van der Waals surface area contributed by atoms with Gasteiger partial charge in [-0.2, -0.15) is 0 Å². The SMILES string of the molecule is c1ccc(-c2cc3c4c5c(cccc5c5cccc6c5c4c2C6)C3)cc1. The second-order valence-corrected chi connectivity index (χ2v) is 7.71. The second kappa shape index (κ2) is 4.34. The third-order valence-electron chi connectivity index (χ3n) is 6.44. The summed E-state index contributed by atoms with van der Waals surface area (Å²) >= 11 is 0. The lowest BCUT2D eigenvalue weighted by Gasteiger charge is -2.13. The summed E-state index contributed by atoms with van der Waals surface area (Å²) in [6.07, 6.45) is 2.12. The highest BCUT2D eigenvalue weighted by atomic mass is 14.3. The molecule has 0 nitrogen and oxygen atoms in total. The van der Waals surface area contributed by atoms with E-state index in [1.807, 2.05) is 0 Å². The summed E-state index contributed by atoms with van der Waals surface area (Å²) in [7, 11) is 0. The van der Waals surface area contributed by atoms with Gasteiger partial charge in [0, 0.05) is 0 Å². The number of hydrogen-bond donors (Lipinski definition) is 0. The molecule has 0 saturated carbocycles. The van der Waals surface area contributed by atoms with Crippen LogP contribution in [0.25, 0.3) is 43.4 Å². The molecule has 0 heterocycles. The topological polar surface area (TPSA) is 0 Å². The summed E-state index contributed by atoms with van der Waals surface area (Å²) in [6, 6.07) is 27.1. The van der Waals surface area contributed by atoms with Crippen molar-refractivity contribution >= 4 is 32.3 Å². The molecule has 26 heavy (non-hydrogen) atoms.